The van der Waals surface area contributed by atoms with Crippen molar-refractivity contribution in [1.29, 1.82) is 0 Å². The summed E-state index contributed by atoms with van der Waals surface area (Å²) < 4.78 is 1.67. The summed E-state index contributed by atoms with van der Waals surface area (Å²) in [6.45, 7) is 6.11. The van der Waals surface area contributed by atoms with Gasteiger partial charge in [0.2, 0.25) is 0 Å². The molecule has 4 nitrogen and oxygen atoms in total. The van der Waals surface area contributed by atoms with Crippen molar-refractivity contribution in [3.8, 4) is 0 Å². The highest BCUT2D eigenvalue weighted by Gasteiger charge is 2.09. The van der Waals surface area contributed by atoms with E-state index in [1.54, 1.807) is 16.8 Å². The number of carboxylic acid groups (broad SMARTS) is 1. The Bertz CT molecular complexity index is 328. The third-order valence-corrected chi connectivity index (χ3v) is 1.75. The monoisotopic (exact) mass is 180 g/mol. The van der Waals surface area contributed by atoms with E-state index in [-0.39, 0.29) is 5.69 Å². The third kappa shape index (κ3) is 2.18. The zero-order valence-electron chi connectivity index (χ0n) is 7.53. The van der Waals surface area contributed by atoms with Gasteiger partial charge in [-0.3, -0.25) is 4.68 Å². The minimum absolute atomic E-state index is 0.0987. The smallest absolute Gasteiger partial charge is 0.356 e. The van der Waals surface area contributed by atoms with Gasteiger partial charge >= 0.3 is 5.97 Å². The molecule has 1 N–H and O–H groups in total. The quantitative estimate of drug-likeness (QED) is 0.714. The van der Waals surface area contributed by atoms with Crippen LogP contribution in [0.2, 0.25) is 0 Å². The van der Waals surface area contributed by atoms with Crippen LogP contribution in [0.1, 0.15) is 22.6 Å². The van der Waals surface area contributed by atoms with Crippen LogP contribution in [0.4, 0.5) is 0 Å². The van der Waals surface area contributed by atoms with Crippen LogP contribution in [-0.4, -0.2) is 20.9 Å². The molecule has 1 rings (SSSR count). The van der Waals surface area contributed by atoms with Crippen LogP contribution in [0.15, 0.2) is 18.7 Å². The molecule has 0 radical (unpaired) electrons. The summed E-state index contributed by atoms with van der Waals surface area (Å²) in [7, 11) is 0. The molecule has 0 aliphatic rings. The zero-order chi connectivity index (χ0) is 9.84. The Morgan fingerprint density at radius 2 is 2.54 bits per heavy atom. The van der Waals surface area contributed by atoms with Gasteiger partial charge in [0.15, 0.2) is 5.69 Å². The molecule has 0 unspecified atom stereocenters. The molecule has 70 valence electrons. The van der Waals surface area contributed by atoms with Gasteiger partial charge in [0.05, 0.1) is 0 Å². The Kier molecular flexibility index (Phi) is 2.84. The summed E-state index contributed by atoms with van der Waals surface area (Å²) in [4.78, 5) is 10.5. The van der Waals surface area contributed by atoms with E-state index in [0.29, 0.717) is 6.54 Å². The largest absolute Gasteiger partial charge is 0.476 e. The van der Waals surface area contributed by atoms with E-state index in [2.05, 4.69) is 11.7 Å². The Balaban J connectivity index is 2.83. The molecule has 13 heavy (non-hydrogen) atoms. The lowest BCUT2D eigenvalue weighted by Crippen LogP contribution is -2.03. The lowest BCUT2D eigenvalue weighted by molar-refractivity contribution is 0.0689. The summed E-state index contributed by atoms with van der Waals surface area (Å²) in [5.74, 6) is -0.986. The van der Waals surface area contributed by atoms with Gasteiger partial charge in [-0.05, 0) is 19.4 Å². The maximum Gasteiger partial charge on any atom is 0.356 e. The molecule has 1 aromatic rings. The SMILES string of the molecule is C=CCCn1nc(C(=O)O)cc1C. The Morgan fingerprint density at radius 3 is 3.00 bits per heavy atom. The van der Waals surface area contributed by atoms with Gasteiger partial charge in [0.1, 0.15) is 0 Å². The minimum Gasteiger partial charge on any atom is -0.476 e. The number of carbonyl (C=O) groups is 1. The van der Waals surface area contributed by atoms with E-state index >= 15 is 0 Å². The highest BCUT2D eigenvalue weighted by atomic mass is 16.4. The van der Waals surface area contributed by atoms with Crippen LogP contribution in [0.3, 0.4) is 0 Å². The maximum atomic E-state index is 10.5. The third-order valence-electron chi connectivity index (χ3n) is 1.75. The van der Waals surface area contributed by atoms with E-state index < -0.39 is 5.97 Å². The van der Waals surface area contributed by atoms with E-state index in [9.17, 15) is 4.79 Å². The molecule has 0 bridgehead atoms. The van der Waals surface area contributed by atoms with E-state index in [4.69, 9.17) is 5.11 Å². The number of hydrogen-bond donors (Lipinski definition) is 1. The molecule has 0 spiro atoms. The molecule has 4 heteroatoms. The molecule has 0 saturated heterocycles. The molecule has 0 saturated carbocycles. The molecular formula is C9H12N2O2. The standard InChI is InChI=1S/C9H12N2O2/c1-3-4-5-11-7(2)6-8(10-11)9(12)13/h3,6H,1,4-5H2,2H3,(H,12,13). The number of carboxylic acids is 1. The first-order chi connectivity index (χ1) is 6.15. The molecule has 1 aromatic heterocycles. The molecular weight excluding hydrogens is 168 g/mol. The second-order valence-corrected chi connectivity index (χ2v) is 2.78. The van der Waals surface area contributed by atoms with Crippen molar-refractivity contribution in [2.75, 3.05) is 0 Å². The molecule has 0 aromatic carbocycles. The normalized spacial score (nSPS) is 9.92. The minimum atomic E-state index is -0.986. The Morgan fingerprint density at radius 1 is 1.85 bits per heavy atom. The highest BCUT2D eigenvalue weighted by molar-refractivity contribution is 5.85. The van der Waals surface area contributed by atoms with Gasteiger partial charge in [-0.25, -0.2) is 4.79 Å². The number of aromatic carboxylic acids is 1. The average Bonchev–Trinajstić information content (AvgIpc) is 2.44. The van der Waals surface area contributed by atoms with Crippen molar-refractivity contribution in [3.05, 3.63) is 30.1 Å². The van der Waals surface area contributed by atoms with Crippen LogP contribution in [-0.2, 0) is 6.54 Å². The van der Waals surface area contributed by atoms with E-state index in [0.717, 1.165) is 12.1 Å². The van der Waals surface area contributed by atoms with Crippen molar-refractivity contribution in [2.24, 2.45) is 0 Å². The second kappa shape index (κ2) is 3.89. The predicted octanol–water partition coefficient (Wildman–Crippen LogP) is 1.47. The van der Waals surface area contributed by atoms with Crippen molar-refractivity contribution >= 4 is 5.97 Å². The van der Waals surface area contributed by atoms with Gasteiger partial charge in [-0.15, -0.1) is 6.58 Å². The van der Waals surface area contributed by atoms with Gasteiger partial charge in [-0.2, -0.15) is 5.10 Å². The summed E-state index contributed by atoms with van der Waals surface area (Å²) in [5.41, 5.74) is 0.959. The number of nitrogens with zero attached hydrogens (tertiary/aromatic N) is 2. The van der Waals surface area contributed by atoms with Crippen LogP contribution >= 0.6 is 0 Å². The summed E-state index contributed by atoms with van der Waals surface area (Å²) in [6.07, 6.45) is 2.57. The number of allylic oxidation sites excluding steroid dienone is 1. The fraction of sp³-hybridized carbons (Fsp3) is 0.333. The number of hydrogen-bond acceptors (Lipinski definition) is 2. The van der Waals surface area contributed by atoms with Gasteiger partial charge in [-0.1, -0.05) is 6.08 Å². The Labute approximate surface area is 76.5 Å². The van der Waals surface area contributed by atoms with Crippen molar-refractivity contribution < 1.29 is 9.90 Å². The zero-order valence-corrected chi connectivity index (χ0v) is 7.53. The molecule has 0 amide bonds. The molecule has 0 fully saturated rings. The topological polar surface area (TPSA) is 55.1 Å². The average molecular weight is 180 g/mol. The molecule has 1 heterocycles. The number of aryl methyl sites for hydroxylation is 2. The van der Waals surface area contributed by atoms with Crippen LogP contribution < -0.4 is 0 Å². The van der Waals surface area contributed by atoms with Crippen molar-refractivity contribution in [2.45, 2.75) is 19.9 Å². The summed E-state index contributed by atoms with van der Waals surface area (Å²) in [6, 6.07) is 1.56. The lowest BCUT2D eigenvalue weighted by atomic mass is 10.3. The number of rotatable bonds is 4. The van der Waals surface area contributed by atoms with Gasteiger partial charge in [0, 0.05) is 12.2 Å². The maximum absolute atomic E-state index is 10.5. The fourth-order valence-electron chi connectivity index (χ4n) is 1.05. The number of aromatic nitrogens is 2. The van der Waals surface area contributed by atoms with Crippen LogP contribution in [0.5, 0.6) is 0 Å². The second-order valence-electron chi connectivity index (χ2n) is 2.78. The van der Waals surface area contributed by atoms with E-state index in [1.807, 2.05) is 6.92 Å². The lowest BCUT2D eigenvalue weighted by Gasteiger charge is -1.99. The molecule has 0 aliphatic carbocycles. The Hall–Kier alpha value is -1.58. The summed E-state index contributed by atoms with van der Waals surface area (Å²) in [5, 5.41) is 12.6. The molecule has 0 atom stereocenters. The first kappa shape index (κ1) is 9.51. The van der Waals surface area contributed by atoms with E-state index in [1.165, 1.54) is 0 Å². The summed E-state index contributed by atoms with van der Waals surface area (Å²) >= 11 is 0. The fourth-order valence-corrected chi connectivity index (χ4v) is 1.05. The van der Waals surface area contributed by atoms with Crippen molar-refractivity contribution in [3.63, 3.8) is 0 Å². The van der Waals surface area contributed by atoms with Crippen LogP contribution in [0.25, 0.3) is 0 Å². The van der Waals surface area contributed by atoms with Crippen molar-refractivity contribution in [1.82, 2.24) is 9.78 Å². The highest BCUT2D eigenvalue weighted by Crippen LogP contribution is 2.04. The predicted molar refractivity (Wildman–Crippen MR) is 48.7 cm³/mol. The van der Waals surface area contributed by atoms with Gasteiger partial charge in [0.25, 0.3) is 0 Å². The molecule has 0 aliphatic heterocycles. The van der Waals surface area contributed by atoms with Gasteiger partial charge < -0.3 is 5.11 Å². The first-order valence-electron chi connectivity index (χ1n) is 4.04. The first-order valence-corrected chi connectivity index (χ1v) is 4.04. The van der Waals surface area contributed by atoms with Crippen LogP contribution in [0, 0.1) is 6.92 Å².